The van der Waals surface area contributed by atoms with Crippen LogP contribution in [-0.4, -0.2) is 44.1 Å². The van der Waals surface area contributed by atoms with Gasteiger partial charge in [0.2, 0.25) is 17.6 Å². The largest absolute Gasteiger partial charge is 0.356 e. The van der Waals surface area contributed by atoms with E-state index in [-0.39, 0.29) is 24.4 Å². The van der Waals surface area contributed by atoms with E-state index < -0.39 is 6.10 Å². The van der Waals surface area contributed by atoms with Gasteiger partial charge in [-0.1, -0.05) is 35.5 Å². The molecule has 3 aromatic rings. The van der Waals surface area contributed by atoms with Crippen LogP contribution in [0.2, 0.25) is 0 Å². The molecule has 1 aliphatic rings. The van der Waals surface area contributed by atoms with E-state index in [9.17, 15) is 4.79 Å². The van der Waals surface area contributed by atoms with Gasteiger partial charge in [-0.2, -0.15) is 4.98 Å². The van der Waals surface area contributed by atoms with E-state index in [0.717, 1.165) is 5.56 Å². The number of likely N-dealkylation sites (N-methyl/N-ethyl adjacent to an activating group) is 1. The molecule has 2 atom stereocenters. The Hall–Kier alpha value is -3.13. The first-order valence-corrected chi connectivity index (χ1v) is 8.35. The van der Waals surface area contributed by atoms with Gasteiger partial charge < -0.3 is 14.2 Å². The van der Waals surface area contributed by atoms with Crippen molar-refractivity contribution in [3.63, 3.8) is 0 Å². The molecule has 0 aliphatic carbocycles. The van der Waals surface area contributed by atoms with Crippen LogP contribution >= 0.6 is 0 Å². The summed E-state index contributed by atoms with van der Waals surface area (Å²) in [5, 5.41) is 3.97. The van der Waals surface area contributed by atoms with Crippen LogP contribution in [-0.2, 0) is 9.53 Å². The quantitative estimate of drug-likeness (QED) is 0.711. The van der Waals surface area contributed by atoms with Gasteiger partial charge in [-0.05, 0) is 18.6 Å². The highest BCUT2D eigenvalue weighted by atomic mass is 16.5. The van der Waals surface area contributed by atoms with E-state index in [1.54, 1.807) is 23.4 Å². The maximum Gasteiger partial charge on any atom is 0.258 e. The van der Waals surface area contributed by atoms with E-state index in [1.165, 1.54) is 0 Å². The molecule has 0 unspecified atom stereocenters. The molecule has 0 saturated carbocycles. The summed E-state index contributed by atoms with van der Waals surface area (Å²) in [4.78, 5) is 26.8. The van der Waals surface area contributed by atoms with Gasteiger partial charge in [-0.25, -0.2) is 9.97 Å². The number of morpholine rings is 1. The third kappa shape index (κ3) is 2.95. The van der Waals surface area contributed by atoms with Gasteiger partial charge in [0.15, 0.2) is 6.10 Å². The van der Waals surface area contributed by atoms with E-state index in [0.29, 0.717) is 18.3 Å². The molecule has 26 heavy (non-hydrogen) atoms. The summed E-state index contributed by atoms with van der Waals surface area (Å²) < 4.78 is 11.2. The molecule has 1 aliphatic heterocycles. The lowest BCUT2D eigenvalue weighted by atomic mass is 9.97. The van der Waals surface area contributed by atoms with E-state index in [1.807, 2.05) is 37.3 Å². The molecule has 0 N–H and O–H groups in total. The number of hydrogen-bond acceptors (Lipinski definition) is 7. The second kappa shape index (κ2) is 7.01. The standard InChI is InChI=1S/C18H17N5O3/c1-2-23-13(24)11-25-15(14(23)12-7-4-3-5-8-12)18-21-17(22-26-18)16-19-9-6-10-20-16/h3-10,14-15H,2,11H2,1H3/t14-,15+/m1/s1. The molecule has 1 saturated heterocycles. The van der Waals surface area contributed by atoms with Gasteiger partial charge in [0, 0.05) is 18.9 Å². The summed E-state index contributed by atoms with van der Waals surface area (Å²) in [5.74, 6) is 0.893. The van der Waals surface area contributed by atoms with E-state index in [2.05, 4.69) is 20.1 Å². The molecule has 4 rings (SSSR count). The van der Waals surface area contributed by atoms with Crippen LogP contribution in [0.3, 0.4) is 0 Å². The molecule has 2 aromatic heterocycles. The van der Waals surface area contributed by atoms with Crippen molar-refractivity contribution in [2.45, 2.75) is 19.1 Å². The van der Waals surface area contributed by atoms with Crippen LogP contribution in [0.1, 0.15) is 30.5 Å². The summed E-state index contributed by atoms with van der Waals surface area (Å²) in [6.45, 7) is 2.47. The number of nitrogens with zero attached hydrogens (tertiary/aromatic N) is 5. The molecule has 1 fully saturated rings. The Morgan fingerprint density at radius 1 is 1.12 bits per heavy atom. The third-order valence-corrected chi connectivity index (χ3v) is 4.26. The van der Waals surface area contributed by atoms with Crippen LogP contribution in [0.5, 0.6) is 0 Å². The number of carbonyl (C=O) groups excluding carboxylic acids is 1. The number of amides is 1. The number of benzene rings is 1. The van der Waals surface area contributed by atoms with Crippen LogP contribution < -0.4 is 0 Å². The van der Waals surface area contributed by atoms with Gasteiger partial charge in [-0.15, -0.1) is 0 Å². The third-order valence-electron chi connectivity index (χ3n) is 4.26. The Bertz CT molecular complexity index is 884. The van der Waals surface area contributed by atoms with Crippen molar-refractivity contribution in [2.75, 3.05) is 13.2 Å². The van der Waals surface area contributed by atoms with Gasteiger partial charge >= 0.3 is 0 Å². The Kier molecular flexibility index (Phi) is 4.40. The fourth-order valence-electron chi connectivity index (χ4n) is 3.09. The molecule has 1 amide bonds. The van der Waals surface area contributed by atoms with Gasteiger partial charge in [0.05, 0.1) is 6.04 Å². The fraction of sp³-hybridized carbons (Fsp3) is 0.278. The molecule has 0 spiro atoms. The molecule has 3 heterocycles. The highest BCUT2D eigenvalue weighted by Crippen LogP contribution is 2.39. The van der Waals surface area contributed by atoms with Crippen molar-refractivity contribution in [2.24, 2.45) is 0 Å². The van der Waals surface area contributed by atoms with Gasteiger partial charge in [-0.3, -0.25) is 4.79 Å². The average molecular weight is 351 g/mol. The molecular formula is C18H17N5O3. The van der Waals surface area contributed by atoms with Gasteiger partial charge in [0.25, 0.3) is 5.89 Å². The van der Waals surface area contributed by atoms with Crippen LogP contribution in [0.4, 0.5) is 0 Å². The first kappa shape index (κ1) is 16.3. The zero-order valence-electron chi connectivity index (χ0n) is 14.1. The minimum absolute atomic E-state index is 0.0264. The lowest BCUT2D eigenvalue weighted by Crippen LogP contribution is -2.45. The van der Waals surface area contributed by atoms with Crippen molar-refractivity contribution in [3.05, 3.63) is 60.2 Å². The Morgan fingerprint density at radius 2 is 1.88 bits per heavy atom. The van der Waals surface area contributed by atoms with Crippen LogP contribution in [0.25, 0.3) is 11.6 Å². The predicted octanol–water partition coefficient (Wildman–Crippen LogP) is 2.19. The topological polar surface area (TPSA) is 94.2 Å². The second-order valence-corrected chi connectivity index (χ2v) is 5.80. The molecule has 8 heteroatoms. The van der Waals surface area contributed by atoms with Crippen LogP contribution in [0.15, 0.2) is 53.3 Å². The maximum atomic E-state index is 12.3. The molecule has 0 bridgehead atoms. The summed E-state index contributed by atoms with van der Waals surface area (Å²) in [6.07, 6.45) is 2.67. The number of hydrogen-bond donors (Lipinski definition) is 0. The lowest BCUT2D eigenvalue weighted by Gasteiger charge is -2.39. The van der Waals surface area contributed by atoms with Crippen molar-refractivity contribution >= 4 is 5.91 Å². The normalized spacial score (nSPS) is 20.3. The first-order chi connectivity index (χ1) is 12.8. The van der Waals surface area contributed by atoms with Crippen molar-refractivity contribution in [3.8, 4) is 11.6 Å². The van der Waals surface area contributed by atoms with Crippen LogP contribution in [0, 0.1) is 0 Å². The van der Waals surface area contributed by atoms with E-state index in [4.69, 9.17) is 9.26 Å². The monoisotopic (exact) mass is 351 g/mol. The summed E-state index contributed by atoms with van der Waals surface area (Å²) in [6, 6.07) is 11.1. The molecule has 8 nitrogen and oxygen atoms in total. The minimum Gasteiger partial charge on any atom is -0.356 e. The smallest absolute Gasteiger partial charge is 0.258 e. The molecular weight excluding hydrogens is 334 g/mol. The Labute approximate surface area is 149 Å². The zero-order valence-corrected chi connectivity index (χ0v) is 14.1. The van der Waals surface area contributed by atoms with Gasteiger partial charge in [0.1, 0.15) is 6.61 Å². The highest BCUT2D eigenvalue weighted by Gasteiger charge is 2.41. The number of aromatic nitrogens is 4. The SMILES string of the molecule is CCN1C(=O)CO[C@H](c2nc(-c3ncccn3)no2)[C@H]1c1ccccc1. The Morgan fingerprint density at radius 3 is 2.62 bits per heavy atom. The van der Waals surface area contributed by atoms with Crippen molar-refractivity contribution < 1.29 is 14.1 Å². The van der Waals surface area contributed by atoms with Crippen molar-refractivity contribution in [1.29, 1.82) is 0 Å². The summed E-state index contributed by atoms with van der Waals surface area (Å²) >= 11 is 0. The number of carbonyl (C=O) groups is 1. The maximum absolute atomic E-state index is 12.3. The highest BCUT2D eigenvalue weighted by molar-refractivity contribution is 5.78. The molecule has 0 radical (unpaired) electrons. The minimum atomic E-state index is -0.556. The zero-order chi connectivity index (χ0) is 17.9. The number of ether oxygens (including phenoxy) is 1. The molecule has 132 valence electrons. The van der Waals surface area contributed by atoms with Crippen molar-refractivity contribution in [1.82, 2.24) is 25.0 Å². The predicted molar refractivity (Wildman–Crippen MR) is 90.6 cm³/mol. The number of rotatable bonds is 4. The summed E-state index contributed by atoms with van der Waals surface area (Å²) in [7, 11) is 0. The second-order valence-electron chi connectivity index (χ2n) is 5.80. The first-order valence-electron chi connectivity index (χ1n) is 8.35. The molecule has 1 aromatic carbocycles. The summed E-state index contributed by atoms with van der Waals surface area (Å²) in [5.41, 5.74) is 0.947. The average Bonchev–Trinajstić information content (AvgIpc) is 3.19. The lowest BCUT2D eigenvalue weighted by molar-refractivity contribution is -0.160. The fourth-order valence-corrected chi connectivity index (χ4v) is 3.09. The Balaban J connectivity index is 1.72. The van der Waals surface area contributed by atoms with E-state index >= 15 is 0 Å².